The number of nitrogens with zero attached hydrogens (tertiary/aromatic N) is 1. The van der Waals surface area contributed by atoms with Crippen LogP contribution in [-0.4, -0.2) is 22.8 Å². The Morgan fingerprint density at radius 3 is 2.38 bits per heavy atom. The van der Waals surface area contributed by atoms with E-state index in [9.17, 15) is 8.78 Å². The molecule has 0 aromatic heterocycles. The fourth-order valence-electron chi connectivity index (χ4n) is 1.83. The van der Waals surface area contributed by atoms with Crippen molar-refractivity contribution in [2.24, 2.45) is 0 Å². The molecule has 16 heavy (non-hydrogen) atoms. The van der Waals surface area contributed by atoms with Gasteiger partial charge in [-0.25, -0.2) is 8.78 Å². The third-order valence-electron chi connectivity index (χ3n) is 2.86. The molecule has 1 aliphatic rings. The van der Waals surface area contributed by atoms with Gasteiger partial charge in [0.05, 0.1) is 0 Å². The van der Waals surface area contributed by atoms with E-state index in [1.54, 1.807) is 0 Å². The molecule has 0 amide bonds. The Balaban J connectivity index is 2.11. The molecule has 1 aliphatic carbocycles. The molecule has 88 valence electrons. The third kappa shape index (κ3) is 2.80. The predicted molar refractivity (Wildman–Crippen MR) is 63.6 cm³/mol. The maximum Gasteiger partial charge on any atom is 0.130 e. The van der Waals surface area contributed by atoms with Crippen LogP contribution in [-0.2, 0) is 6.54 Å². The fraction of sp³-hybridized carbons (Fsp3) is 0.500. The summed E-state index contributed by atoms with van der Waals surface area (Å²) in [6.45, 7) is 1.20. The molecule has 1 fully saturated rings. The molecule has 0 aliphatic heterocycles. The topological polar surface area (TPSA) is 3.24 Å². The molecule has 4 heteroatoms. The lowest BCUT2D eigenvalue weighted by atomic mass is 10.2. The van der Waals surface area contributed by atoms with Gasteiger partial charge < -0.3 is 0 Å². The van der Waals surface area contributed by atoms with Gasteiger partial charge >= 0.3 is 0 Å². The number of halogens is 3. The maximum absolute atomic E-state index is 13.5. The Hall–Kier alpha value is -0.480. The van der Waals surface area contributed by atoms with Crippen molar-refractivity contribution in [1.82, 2.24) is 4.90 Å². The standard InChI is InChI=1S/C12H14BrF2N/c13-6-7-16(9-4-5-9)8-10-11(14)2-1-3-12(10)15/h1-3,9H,4-8H2. The van der Waals surface area contributed by atoms with Crippen molar-refractivity contribution < 1.29 is 8.78 Å². The first-order chi connectivity index (χ1) is 7.72. The van der Waals surface area contributed by atoms with E-state index < -0.39 is 11.6 Å². The van der Waals surface area contributed by atoms with Crippen LogP contribution in [0.15, 0.2) is 18.2 Å². The molecule has 1 aromatic rings. The Labute approximate surface area is 103 Å². The lowest BCUT2D eigenvalue weighted by Crippen LogP contribution is -2.28. The molecule has 0 heterocycles. The number of hydrogen-bond donors (Lipinski definition) is 0. The van der Waals surface area contributed by atoms with Crippen molar-refractivity contribution >= 4 is 15.9 Å². The van der Waals surface area contributed by atoms with Crippen LogP contribution < -0.4 is 0 Å². The predicted octanol–water partition coefficient (Wildman–Crippen LogP) is 3.32. The summed E-state index contributed by atoms with van der Waals surface area (Å²) >= 11 is 3.37. The molecular formula is C12H14BrF2N. The van der Waals surface area contributed by atoms with Gasteiger partial charge in [0.25, 0.3) is 0 Å². The van der Waals surface area contributed by atoms with Crippen molar-refractivity contribution in [2.45, 2.75) is 25.4 Å². The van der Waals surface area contributed by atoms with Gasteiger partial charge in [-0.15, -0.1) is 0 Å². The zero-order valence-corrected chi connectivity index (χ0v) is 10.5. The van der Waals surface area contributed by atoms with Crippen LogP contribution in [0.1, 0.15) is 18.4 Å². The van der Waals surface area contributed by atoms with E-state index in [4.69, 9.17) is 0 Å². The van der Waals surface area contributed by atoms with E-state index in [1.807, 2.05) is 0 Å². The molecule has 0 spiro atoms. The van der Waals surface area contributed by atoms with Crippen LogP contribution in [0, 0.1) is 11.6 Å². The average Bonchev–Trinajstić information content (AvgIpc) is 3.06. The van der Waals surface area contributed by atoms with Crippen LogP contribution in [0.3, 0.4) is 0 Å². The summed E-state index contributed by atoms with van der Waals surface area (Å²) < 4.78 is 26.9. The first kappa shape index (κ1) is 12.0. The molecule has 0 saturated heterocycles. The summed E-state index contributed by atoms with van der Waals surface area (Å²) in [5, 5.41) is 0.833. The van der Waals surface area contributed by atoms with Gasteiger partial charge in [-0.2, -0.15) is 0 Å². The minimum Gasteiger partial charge on any atom is -0.295 e. The minimum absolute atomic E-state index is 0.190. The molecule has 0 radical (unpaired) electrons. The average molecular weight is 290 g/mol. The number of rotatable bonds is 5. The van der Waals surface area contributed by atoms with Crippen molar-refractivity contribution in [3.63, 3.8) is 0 Å². The second-order valence-electron chi connectivity index (χ2n) is 4.09. The highest BCUT2D eigenvalue weighted by molar-refractivity contribution is 9.09. The normalized spacial score (nSPS) is 15.8. The van der Waals surface area contributed by atoms with E-state index >= 15 is 0 Å². The van der Waals surface area contributed by atoms with Crippen LogP contribution in [0.5, 0.6) is 0 Å². The Bertz CT molecular complexity index is 346. The van der Waals surface area contributed by atoms with Gasteiger partial charge in [-0.1, -0.05) is 22.0 Å². The monoisotopic (exact) mass is 289 g/mol. The quantitative estimate of drug-likeness (QED) is 0.752. The van der Waals surface area contributed by atoms with Gasteiger partial charge in [0.15, 0.2) is 0 Å². The second-order valence-corrected chi connectivity index (χ2v) is 4.88. The molecule has 2 rings (SSSR count). The van der Waals surface area contributed by atoms with Crippen molar-refractivity contribution in [3.8, 4) is 0 Å². The van der Waals surface area contributed by atoms with E-state index in [1.165, 1.54) is 18.2 Å². The third-order valence-corrected chi connectivity index (χ3v) is 3.21. The molecule has 0 atom stereocenters. The minimum atomic E-state index is -0.444. The smallest absolute Gasteiger partial charge is 0.130 e. The summed E-state index contributed by atoms with van der Waals surface area (Å²) in [4.78, 5) is 2.14. The van der Waals surface area contributed by atoms with Crippen LogP contribution in [0.2, 0.25) is 0 Å². The molecule has 1 saturated carbocycles. The highest BCUT2D eigenvalue weighted by atomic mass is 79.9. The van der Waals surface area contributed by atoms with E-state index in [0.29, 0.717) is 12.6 Å². The molecule has 0 N–H and O–H groups in total. The van der Waals surface area contributed by atoms with Crippen molar-refractivity contribution in [3.05, 3.63) is 35.4 Å². The molecule has 0 unspecified atom stereocenters. The zero-order valence-electron chi connectivity index (χ0n) is 8.93. The van der Waals surface area contributed by atoms with E-state index in [-0.39, 0.29) is 5.56 Å². The first-order valence-electron chi connectivity index (χ1n) is 5.45. The van der Waals surface area contributed by atoms with Gasteiger partial charge in [0.1, 0.15) is 11.6 Å². The number of hydrogen-bond acceptors (Lipinski definition) is 1. The zero-order chi connectivity index (χ0) is 11.5. The van der Waals surface area contributed by atoms with Gasteiger partial charge in [-0.05, 0) is 25.0 Å². The Morgan fingerprint density at radius 2 is 1.88 bits per heavy atom. The van der Waals surface area contributed by atoms with Gasteiger partial charge in [0.2, 0.25) is 0 Å². The summed E-state index contributed by atoms with van der Waals surface area (Å²) in [6, 6.07) is 4.55. The number of alkyl halides is 1. The highest BCUT2D eigenvalue weighted by Gasteiger charge is 2.29. The molecule has 1 aromatic carbocycles. The Morgan fingerprint density at radius 1 is 1.25 bits per heavy atom. The summed E-state index contributed by atoms with van der Waals surface area (Å²) in [5.41, 5.74) is 0.190. The fourth-order valence-corrected chi connectivity index (χ4v) is 2.28. The van der Waals surface area contributed by atoms with Crippen molar-refractivity contribution in [1.29, 1.82) is 0 Å². The molecular weight excluding hydrogens is 276 g/mol. The lowest BCUT2D eigenvalue weighted by Gasteiger charge is -2.21. The summed E-state index contributed by atoms with van der Waals surface area (Å²) in [5.74, 6) is -0.888. The number of benzene rings is 1. The van der Waals surface area contributed by atoms with Crippen LogP contribution in [0.4, 0.5) is 8.78 Å². The van der Waals surface area contributed by atoms with Crippen molar-refractivity contribution in [2.75, 3.05) is 11.9 Å². The highest BCUT2D eigenvalue weighted by Crippen LogP contribution is 2.29. The van der Waals surface area contributed by atoms with Crippen LogP contribution >= 0.6 is 15.9 Å². The Kier molecular flexibility index (Phi) is 3.92. The summed E-state index contributed by atoms with van der Waals surface area (Å²) in [7, 11) is 0. The summed E-state index contributed by atoms with van der Waals surface area (Å²) in [6.07, 6.45) is 2.28. The first-order valence-corrected chi connectivity index (χ1v) is 6.57. The van der Waals surface area contributed by atoms with Crippen LogP contribution in [0.25, 0.3) is 0 Å². The SMILES string of the molecule is Fc1cccc(F)c1CN(CCBr)C1CC1. The second kappa shape index (κ2) is 5.23. The van der Waals surface area contributed by atoms with E-state index in [2.05, 4.69) is 20.8 Å². The van der Waals surface area contributed by atoms with Gasteiger partial charge in [-0.3, -0.25) is 4.90 Å². The largest absolute Gasteiger partial charge is 0.295 e. The molecule has 0 bridgehead atoms. The maximum atomic E-state index is 13.5. The molecule has 1 nitrogen and oxygen atoms in total. The van der Waals surface area contributed by atoms with Gasteiger partial charge in [0, 0.05) is 30.0 Å². The lowest BCUT2D eigenvalue weighted by molar-refractivity contribution is 0.263. The van der Waals surface area contributed by atoms with E-state index in [0.717, 1.165) is 24.7 Å².